The average Bonchev–Trinajstić information content (AvgIpc) is 2.81. The van der Waals surface area contributed by atoms with E-state index in [1.807, 2.05) is 43.6 Å². The van der Waals surface area contributed by atoms with E-state index in [0.29, 0.717) is 12.8 Å². The van der Waals surface area contributed by atoms with Crippen molar-refractivity contribution in [1.29, 1.82) is 0 Å². The van der Waals surface area contributed by atoms with Gasteiger partial charge in [0.15, 0.2) is 0 Å². The molecule has 0 aliphatic carbocycles. The van der Waals surface area contributed by atoms with Crippen molar-refractivity contribution in [2.24, 2.45) is 7.05 Å². The molecule has 0 aliphatic rings. The highest BCUT2D eigenvalue weighted by atomic mass is 16.5. The van der Waals surface area contributed by atoms with Crippen LogP contribution in [0, 0.1) is 0 Å². The lowest BCUT2D eigenvalue weighted by atomic mass is 10.1. The maximum Gasteiger partial charge on any atom is 0.306 e. The minimum absolute atomic E-state index is 0.220. The number of carbonyl (C=O) groups excluding carboxylic acids is 1. The van der Waals surface area contributed by atoms with Crippen molar-refractivity contribution < 1.29 is 9.53 Å². The van der Waals surface area contributed by atoms with Crippen molar-refractivity contribution in [1.82, 2.24) is 9.78 Å². The van der Waals surface area contributed by atoms with E-state index in [1.54, 1.807) is 4.68 Å². The highest BCUT2D eigenvalue weighted by molar-refractivity contribution is 5.69. The van der Waals surface area contributed by atoms with Gasteiger partial charge in [-0.15, -0.1) is 0 Å². The summed E-state index contributed by atoms with van der Waals surface area (Å²) in [5.74, 6) is -0.220. The third-order valence-electron chi connectivity index (χ3n) is 2.75. The molecule has 2 N–H and O–H groups in total. The molecule has 5 heteroatoms. The number of aromatic nitrogens is 2. The third-order valence-corrected chi connectivity index (χ3v) is 2.75. The van der Waals surface area contributed by atoms with Crippen LogP contribution < -0.4 is 5.73 Å². The second-order valence-corrected chi connectivity index (χ2v) is 4.38. The molecule has 100 valence electrons. The van der Waals surface area contributed by atoms with Gasteiger partial charge in [0.05, 0.1) is 5.69 Å². The van der Waals surface area contributed by atoms with E-state index in [4.69, 9.17) is 10.5 Å². The number of nitrogens with two attached hydrogens (primary N) is 1. The third kappa shape index (κ3) is 4.13. The predicted octanol–water partition coefficient (Wildman–Crippen LogP) is 1.68. The van der Waals surface area contributed by atoms with Crippen molar-refractivity contribution >= 4 is 11.7 Å². The molecule has 2 aromatic rings. The molecule has 0 saturated heterocycles. The molecule has 0 atom stereocenters. The molecule has 1 heterocycles. The number of nitrogens with zero attached hydrogens (tertiary/aromatic N) is 2. The summed E-state index contributed by atoms with van der Waals surface area (Å²) >= 11 is 0. The molecule has 0 saturated carbocycles. The summed E-state index contributed by atoms with van der Waals surface area (Å²) in [5, 5.41) is 4.14. The van der Waals surface area contributed by atoms with E-state index in [1.165, 1.54) is 0 Å². The van der Waals surface area contributed by atoms with Crippen LogP contribution in [-0.2, 0) is 29.6 Å². The molecule has 5 nitrogen and oxygen atoms in total. The predicted molar refractivity (Wildman–Crippen MR) is 72.2 cm³/mol. The monoisotopic (exact) mass is 259 g/mol. The van der Waals surface area contributed by atoms with Gasteiger partial charge in [0, 0.05) is 25.4 Å². The Morgan fingerprint density at radius 1 is 1.32 bits per heavy atom. The first-order valence-electron chi connectivity index (χ1n) is 6.12. The van der Waals surface area contributed by atoms with E-state index in [9.17, 15) is 4.79 Å². The van der Waals surface area contributed by atoms with Crippen molar-refractivity contribution in [3.05, 3.63) is 47.8 Å². The van der Waals surface area contributed by atoms with Crippen molar-refractivity contribution in [2.75, 3.05) is 5.73 Å². The Labute approximate surface area is 112 Å². The Hall–Kier alpha value is -2.30. The molecule has 0 unspecified atom stereocenters. The van der Waals surface area contributed by atoms with E-state index >= 15 is 0 Å². The molecular formula is C14H17N3O2. The molecule has 1 aromatic heterocycles. The smallest absolute Gasteiger partial charge is 0.306 e. The van der Waals surface area contributed by atoms with E-state index in [-0.39, 0.29) is 12.6 Å². The van der Waals surface area contributed by atoms with Crippen molar-refractivity contribution in [3.8, 4) is 0 Å². The van der Waals surface area contributed by atoms with Crippen LogP contribution in [0.15, 0.2) is 36.5 Å². The summed E-state index contributed by atoms with van der Waals surface area (Å²) < 4.78 is 6.83. The number of esters is 1. The Morgan fingerprint density at radius 3 is 2.68 bits per heavy atom. The quantitative estimate of drug-likeness (QED) is 0.655. The molecule has 0 fully saturated rings. The summed E-state index contributed by atoms with van der Waals surface area (Å²) in [7, 11) is 1.83. The summed E-state index contributed by atoms with van der Waals surface area (Å²) in [4.78, 5) is 11.6. The second-order valence-electron chi connectivity index (χ2n) is 4.38. The van der Waals surface area contributed by atoms with E-state index in [2.05, 4.69) is 5.10 Å². The molecular weight excluding hydrogens is 242 g/mol. The summed E-state index contributed by atoms with van der Waals surface area (Å²) in [6.45, 7) is 0.224. The van der Waals surface area contributed by atoms with Gasteiger partial charge in [-0.3, -0.25) is 9.48 Å². The lowest BCUT2D eigenvalue weighted by Gasteiger charge is -2.03. The fourth-order valence-electron chi connectivity index (χ4n) is 1.70. The zero-order valence-electron chi connectivity index (χ0n) is 10.9. The Balaban J connectivity index is 1.74. The lowest BCUT2D eigenvalue weighted by Crippen LogP contribution is -2.06. The zero-order chi connectivity index (χ0) is 13.7. The number of carbonyl (C=O) groups is 1. The van der Waals surface area contributed by atoms with Crippen LogP contribution >= 0.6 is 0 Å². The molecule has 0 spiro atoms. The van der Waals surface area contributed by atoms with Crippen LogP contribution in [0.25, 0.3) is 0 Å². The molecule has 0 bridgehead atoms. The molecule has 0 radical (unpaired) electrons. The number of benzene rings is 1. The fraction of sp³-hybridized carbons (Fsp3) is 0.286. The van der Waals surface area contributed by atoms with Crippen LogP contribution in [0.4, 0.5) is 5.69 Å². The van der Waals surface area contributed by atoms with Crippen LogP contribution in [-0.4, -0.2) is 15.7 Å². The van der Waals surface area contributed by atoms with Gasteiger partial charge in [-0.1, -0.05) is 12.1 Å². The Bertz CT molecular complexity index is 546. The largest absolute Gasteiger partial charge is 0.459 e. The average molecular weight is 259 g/mol. The van der Waals surface area contributed by atoms with E-state index < -0.39 is 0 Å². The number of hydrogen-bond acceptors (Lipinski definition) is 4. The van der Waals surface area contributed by atoms with Crippen LogP contribution in [0.2, 0.25) is 0 Å². The highest BCUT2D eigenvalue weighted by Crippen LogP contribution is 2.08. The van der Waals surface area contributed by atoms with Gasteiger partial charge in [0.1, 0.15) is 6.61 Å². The van der Waals surface area contributed by atoms with Gasteiger partial charge in [0.2, 0.25) is 0 Å². The maximum atomic E-state index is 11.6. The standard InChI is InChI=1S/C14H17N3O2/c1-17-9-8-13(16-17)10-19-14(18)7-4-11-2-5-12(15)6-3-11/h2-3,5-6,8-9H,4,7,10,15H2,1H3. The van der Waals surface area contributed by atoms with Gasteiger partial charge in [-0.05, 0) is 30.2 Å². The van der Waals surface area contributed by atoms with Gasteiger partial charge >= 0.3 is 5.97 Å². The zero-order valence-corrected chi connectivity index (χ0v) is 10.9. The molecule has 0 aliphatic heterocycles. The first kappa shape index (κ1) is 13.1. The first-order chi connectivity index (χ1) is 9.13. The minimum atomic E-state index is -0.220. The Kier molecular flexibility index (Phi) is 4.18. The number of aryl methyl sites for hydroxylation is 2. The number of hydrogen-bond donors (Lipinski definition) is 1. The summed E-state index contributed by atoms with van der Waals surface area (Å²) in [5.41, 5.74) is 8.15. The topological polar surface area (TPSA) is 70.1 Å². The first-order valence-corrected chi connectivity index (χ1v) is 6.12. The highest BCUT2D eigenvalue weighted by Gasteiger charge is 2.05. The number of nitrogen functional groups attached to an aromatic ring is 1. The van der Waals surface area contributed by atoms with Crippen molar-refractivity contribution in [2.45, 2.75) is 19.4 Å². The lowest BCUT2D eigenvalue weighted by molar-refractivity contribution is -0.145. The second kappa shape index (κ2) is 6.04. The molecule has 0 amide bonds. The Morgan fingerprint density at radius 2 is 2.05 bits per heavy atom. The number of anilines is 1. The normalized spacial score (nSPS) is 10.4. The van der Waals surface area contributed by atoms with E-state index in [0.717, 1.165) is 16.9 Å². The van der Waals surface area contributed by atoms with Gasteiger partial charge in [0.25, 0.3) is 0 Å². The van der Waals surface area contributed by atoms with Gasteiger partial charge in [-0.2, -0.15) is 5.10 Å². The number of rotatable bonds is 5. The SMILES string of the molecule is Cn1ccc(COC(=O)CCc2ccc(N)cc2)n1. The number of ether oxygens (including phenoxy) is 1. The maximum absolute atomic E-state index is 11.6. The fourth-order valence-corrected chi connectivity index (χ4v) is 1.70. The van der Waals surface area contributed by atoms with Crippen LogP contribution in [0.1, 0.15) is 17.7 Å². The summed E-state index contributed by atoms with van der Waals surface area (Å²) in [6.07, 6.45) is 2.83. The van der Waals surface area contributed by atoms with Gasteiger partial charge < -0.3 is 10.5 Å². The van der Waals surface area contributed by atoms with Crippen LogP contribution in [0.5, 0.6) is 0 Å². The van der Waals surface area contributed by atoms with Crippen molar-refractivity contribution in [3.63, 3.8) is 0 Å². The van der Waals surface area contributed by atoms with Gasteiger partial charge in [-0.25, -0.2) is 0 Å². The summed E-state index contributed by atoms with van der Waals surface area (Å²) in [6, 6.07) is 9.32. The minimum Gasteiger partial charge on any atom is -0.459 e. The molecule has 19 heavy (non-hydrogen) atoms. The molecule has 2 rings (SSSR count). The van der Waals surface area contributed by atoms with Crippen LogP contribution in [0.3, 0.4) is 0 Å². The molecule has 1 aromatic carbocycles.